The van der Waals surface area contributed by atoms with Crippen molar-refractivity contribution in [1.82, 2.24) is 0 Å². The van der Waals surface area contributed by atoms with Gasteiger partial charge in [-0.25, -0.2) is 0 Å². The summed E-state index contributed by atoms with van der Waals surface area (Å²) in [5.41, 5.74) is 2.68. The van der Waals surface area contributed by atoms with E-state index < -0.39 is 7.81 Å². The molecule has 1 heterocycles. The molecule has 0 saturated heterocycles. The van der Waals surface area contributed by atoms with Crippen LogP contribution in [0.2, 0.25) is 0 Å². The quantitative estimate of drug-likeness (QED) is 0.192. The van der Waals surface area contributed by atoms with Gasteiger partial charge in [0.05, 0.1) is 0 Å². The first-order chi connectivity index (χ1) is 11.3. The van der Waals surface area contributed by atoms with Gasteiger partial charge in [-0.2, -0.15) is 4.57 Å². The average molecular weight is 381 g/mol. The Kier molecular flexibility index (Phi) is 4.77. The third-order valence-corrected chi connectivity index (χ3v) is 3.50. The van der Waals surface area contributed by atoms with Gasteiger partial charge in [0.2, 0.25) is 11.0 Å². The zero-order chi connectivity index (χ0) is 18.8. The summed E-state index contributed by atoms with van der Waals surface area (Å²) in [6.45, 7) is 3.34. The monoisotopic (exact) mass is 381 g/mol. The zero-order valence-electron chi connectivity index (χ0n) is 13.5. The van der Waals surface area contributed by atoms with Gasteiger partial charge in [-0.1, -0.05) is 37.6 Å². The molecule has 25 heavy (non-hydrogen) atoms. The van der Waals surface area contributed by atoms with E-state index in [4.69, 9.17) is 0 Å². The van der Waals surface area contributed by atoms with Crippen LogP contribution in [0.25, 0.3) is 21.8 Å². The fraction of sp³-hybridized carbons (Fsp3) is 0.235. The van der Waals surface area contributed by atoms with Crippen molar-refractivity contribution in [2.45, 2.75) is 26.3 Å². The van der Waals surface area contributed by atoms with E-state index in [1.807, 2.05) is 0 Å². The number of para-hydroxylation sites is 2. The average Bonchev–Trinajstić information content (AvgIpc) is 2.48. The number of hydrogen-bond donors (Lipinski definition) is 0. The SMILES string of the molecule is CCCC[n+]1c2ccccc2cc2ccccc21.F[P-](F)(F)(F)(F)F. The van der Waals surface area contributed by atoms with Gasteiger partial charge in [0.1, 0.15) is 6.54 Å². The molecular weight excluding hydrogens is 363 g/mol. The number of benzene rings is 2. The molecule has 3 rings (SSSR count). The Balaban J connectivity index is 0.000000277. The van der Waals surface area contributed by atoms with Crippen molar-refractivity contribution in [3.8, 4) is 0 Å². The first kappa shape index (κ1) is 19.4. The first-order valence-electron chi connectivity index (χ1n) is 7.72. The van der Waals surface area contributed by atoms with E-state index >= 15 is 0 Å². The Morgan fingerprint density at radius 3 is 1.56 bits per heavy atom. The molecule has 0 saturated carbocycles. The number of unbranched alkanes of at least 4 members (excludes halogenated alkanes) is 1. The van der Waals surface area contributed by atoms with Crippen molar-refractivity contribution in [3.63, 3.8) is 0 Å². The molecule has 0 fully saturated rings. The van der Waals surface area contributed by atoms with Gasteiger partial charge in [-0.3, -0.25) is 0 Å². The van der Waals surface area contributed by atoms with Crippen molar-refractivity contribution < 1.29 is 29.7 Å². The van der Waals surface area contributed by atoms with E-state index in [1.54, 1.807) is 0 Å². The number of halogens is 6. The third kappa shape index (κ3) is 6.86. The van der Waals surface area contributed by atoms with E-state index in [-0.39, 0.29) is 0 Å². The summed E-state index contributed by atoms with van der Waals surface area (Å²) < 4.78 is 61.6. The van der Waals surface area contributed by atoms with E-state index in [1.165, 1.54) is 34.6 Å². The molecule has 1 nitrogen and oxygen atoms in total. The van der Waals surface area contributed by atoms with Gasteiger partial charge in [-0.05, 0) is 18.2 Å². The zero-order valence-corrected chi connectivity index (χ0v) is 14.4. The molecule has 0 N–H and O–H groups in total. The van der Waals surface area contributed by atoms with Crippen molar-refractivity contribution in [1.29, 1.82) is 0 Å². The van der Waals surface area contributed by atoms with Crippen molar-refractivity contribution in [2.75, 3.05) is 0 Å². The van der Waals surface area contributed by atoms with Crippen LogP contribution in [-0.4, -0.2) is 0 Å². The second-order valence-electron chi connectivity index (χ2n) is 5.73. The molecule has 0 atom stereocenters. The third-order valence-electron chi connectivity index (χ3n) is 3.50. The summed E-state index contributed by atoms with van der Waals surface area (Å²) >= 11 is 0. The van der Waals surface area contributed by atoms with Crippen LogP contribution in [0.3, 0.4) is 0 Å². The molecule has 0 aliphatic heterocycles. The Labute approximate surface area is 141 Å². The van der Waals surface area contributed by atoms with Crippen LogP contribution >= 0.6 is 7.81 Å². The van der Waals surface area contributed by atoms with Gasteiger partial charge in [0.15, 0.2) is 0 Å². The van der Waals surface area contributed by atoms with Gasteiger partial charge >= 0.3 is 33.0 Å². The van der Waals surface area contributed by atoms with Crippen LogP contribution in [0.1, 0.15) is 19.8 Å². The molecule has 0 bridgehead atoms. The molecule has 8 heteroatoms. The van der Waals surface area contributed by atoms with Gasteiger partial charge in [0.25, 0.3) is 0 Å². The topological polar surface area (TPSA) is 3.88 Å². The van der Waals surface area contributed by atoms with E-state index in [2.05, 4.69) is 66.1 Å². The van der Waals surface area contributed by atoms with E-state index in [0.29, 0.717) is 0 Å². The molecular formula is C17H18F6NP. The molecule has 0 amide bonds. The van der Waals surface area contributed by atoms with Gasteiger partial charge in [-0.15, -0.1) is 0 Å². The minimum absolute atomic E-state index is 1.10. The summed E-state index contributed by atoms with van der Waals surface area (Å²) in [5, 5.41) is 2.65. The molecule has 3 aromatic rings. The molecule has 0 radical (unpaired) electrons. The van der Waals surface area contributed by atoms with Crippen LogP contribution in [0.5, 0.6) is 0 Å². The van der Waals surface area contributed by atoms with E-state index in [9.17, 15) is 25.2 Å². The van der Waals surface area contributed by atoms with Gasteiger partial charge < -0.3 is 0 Å². The summed E-state index contributed by atoms with van der Waals surface area (Å²) in [4.78, 5) is 0. The van der Waals surface area contributed by atoms with Crippen molar-refractivity contribution >= 4 is 29.6 Å². The second kappa shape index (κ2) is 6.13. The van der Waals surface area contributed by atoms with Crippen LogP contribution in [0, 0.1) is 0 Å². The fourth-order valence-electron chi connectivity index (χ4n) is 2.57. The molecule has 0 spiro atoms. The summed E-state index contributed by atoms with van der Waals surface area (Å²) in [5.74, 6) is 0. The number of fused-ring (bicyclic) bond motifs is 2. The number of aromatic nitrogens is 1. The maximum atomic E-state index is 9.87. The Bertz CT molecular complexity index is 825. The number of hydrogen-bond acceptors (Lipinski definition) is 0. The van der Waals surface area contributed by atoms with Crippen molar-refractivity contribution in [2.24, 2.45) is 0 Å². The molecule has 1 aromatic heterocycles. The van der Waals surface area contributed by atoms with Crippen LogP contribution in [0.4, 0.5) is 25.2 Å². The summed E-state index contributed by atoms with van der Waals surface area (Å²) in [7, 11) is -10.7. The van der Waals surface area contributed by atoms with Crippen LogP contribution in [0.15, 0.2) is 54.6 Å². The summed E-state index contributed by atoms with van der Waals surface area (Å²) in [6, 6.07) is 19.6. The van der Waals surface area contributed by atoms with Gasteiger partial charge in [0, 0.05) is 29.3 Å². The first-order valence-corrected chi connectivity index (χ1v) is 9.75. The Morgan fingerprint density at radius 1 is 0.760 bits per heavy atom. The second-order valence-corrected chi connectivity index (χ2v) is 7.64. The predicted molar refractivity (Wildman–Crippen MR) is 90.1 cm³/mol. The van der Waals surface area contributed by atoms with Crippen LogP contribution in [-0.2, 0) is 6.54 Å². The molecule has 0 aliphatic carbocycles. The fourth-order valence-corrected chi connectivity index (χ4v) is 2.57. The van der Waals surface area contributed by atoms with Crippen LogP contribution < -0.4 is 4.57 Å². The molecule has 0 aliphatic rings. The number of pyridine rings is 1. The standard InChI is InChI=1S/C17H18N.F6P/c1-2-3-12-18-16-10-6-4-8-14(16)13-15-9-5-7-11-17(15)18;1-7(2,3,4,5)6/h4-11,13H,2-3,12H2,1H3;/q+1;-1. The van der Waals surface area contributed by atoms with E-state index in [0.717, 1.165) is 6.54 Å². The minimum atomic E-state index is -10.7. The Hall–Kier alpha value is -1.88. The molecule has 138 valence electrons. The summed E-state index contributed by atoms with van der Waals surface area (Å²) in [6.07, 6.45) is 2.45. The Morgan fingerprint density at radius 2 is 1.16 bits per heavy atom. The maximum absolute atomic E-state index is 10.7. The predicted octanol–water partition coefficient (Wildman–Crippen LogP) is 7.46. The normalized spacial score (nSPS) is 14.5. The molecule has 2 aromatic carbocycles. The van der Waals surface area contributed by atoms with Crippen molar-refractivity contribution in [3.05, 3.63) is 54.6 Å². The number of rotatable bonds is 3. The number of nitrogens with zero attached hydrogens (tertiary/aromatic N) is 1. The number of aryl methyl sites for hydroxylation is 1. The molecule has 0 unspecified atom stereocenters.